The van der Waals surface area contributed by atoms with E-state index in [4.69, 9.17) is 27.6 Å². The molecule has 0 radical (unpaired) electrons. The molecule has 2 aromatic rings. The van der Waals surface area contributed by atoms with Crippen molar-refractivity contribution in [2.45, 2.75) is 25.9 Å². The molecule has 1 aromatic carbocycles. The van der Waals surface area contributed by atoms with Crippen LogP contribution in [0.15, 0.2) is 34.9 Å². The van der Waals surface area contributed by atoms with E-state index in [0.29, 0.717) is 10.6 Å². The summed E-state index contributed by atoms with van der Waals surface area (Å²) in [5.74, 6) is 0.345. The highest BCUT2D eigenvalue weighted by atomic mass is 35.5. The van der Waals surface area contributed by atoms with E-state index >= 15 is 0 Å². The minimum Gasteiger partial charge on any atom is -0.468 e. The Hall–Kier alpha value is -1.03. The molecular formula is C14H14Cl2FNO. The molecule has 102 valence electrons. The van der Waals surface area contributed by atoms with Crippen LogP contribution in [-0.4, -0.2) is 0 Å². The van der Waals surface area contributed by atoms with Crippen LogP contribution < -0.4 is 5.32 Å². The van der Waals surface area contributed by atoms with Crippen molar-refractivity contribution in [1.82, 2.24) is 5.32 Å². The summed E-state index contributed by atoms with van der Waals surface area (Å²) in [6.45, 7) is 3.88. The fourth-order valence-corrected chi connectivity index (χ4v) is 2.50. The largest absolute Gasteiger partial charge is 0.468 e. The Morgan fingerprint density at radius 3 is 2.53 bits per heavy atom. The van der Waals surface area contributed by atoms with Gasteiger partial charge in [-0.2, -0.15) is 0 Å². The molecule has 0 bridgehead atoms. The van der Waals surface area contributed by atoms with E-state index in [2.05, 4.69) is 5.32 Å². The van der Waals surface area contributed by atoms with E-state index in [1.807, 2.05) is 26.0 Å². The summed E-state index contributed by atoms with van der Waals surface area (Å²) >= 11 is 11.8. The summed E-state index contributed by atoms with van der Waals surface area (Å²) in [5, 5.41) is 3.77. The Labute approximate surface area is 121 Å². The lowest BCUT2D eigenvalue weighted by Gasteiger charge is -2.20. The van der Waals surface area contributed by atoms with Crippen LogP contribution in [0, 0.1) is 5.82 Å². The number of furan rings is 1. The van der Waals surface area contributed by atoms with Crippen LogP contribution in [0.1, 0.15) is 37.3 Å². The molecule has 1 N–H and O–H groups in total. The standard InChI is InChI=1S/C14H14Cl2FNO/c1-8(18-9(2)14-4-3-5-19-14)10-6-13(17)12(16)7-11(10)15/h3-9,18H,1-2H3/t8?,9-/m1/s1. The van der Waals surface area contributed by atoms with E-state index in [9.17, 15) is 4.39 Å². The minimum atomic E-state index is -0.472. The molecule has 1 unspecified atom stereocenters. The van der Waals surface area contributed by atoms with E-state index in [1.165, 1.54) is 12.1 Å². The Bertz CT molecular complexity index is 557. The molecule has 1 heterocycles. The summed E-state index contributed by atoms with van der Waals surface area (Å²) in [6.07, 6.45) is 1.62. The van der Waals surface area contributed by atoms with Crippen molar-refractivity contribution in [2.75, 3.05) is 0 Å². The summed E-state index contributed by atoms with van der Waals surface area (Å²) in [5.41, 5.74) is 0.668. The van der Waals surface area contributed by atoms with Crippen molar-refractivity contribution >= 4 is 23.2 Å². The van der Waals surface area contributed by atoms with Gasteiger partial charge in [-0.15, -0.1) is 0 Å². The maximum Gasteiger partial charge on any atom is 0.142 e. The predicted octanol–water partition coefficient (Wildman–Crippen LogP) is 5.14. The number of benzene rings is 1. The van der Waals surface area contributed by atoms with Gasteiger partial charge in [0, 0.05) is 11.1 Å². The zero-order chi connectivity index (χ0) is 14.0. The minimum absolute atomic E-state index is 0.000180. The molecular weight excluding hydrogens is 288 g/mol. The van der Waals surface area contributed by atoms with Crippen LogP contribution in [0.25, 0.3) is 0 Å². The maximum absolute atomic E-state index is 13.5. The fraction of sp³-hybridized carbons (Fsp3) is 0.286. The second kappa shape index (κ2) is 5.95. The van der Waals surface area contributed by atoms with Gasteiger partial charge in [0.25, 0.3) is 0 Å². The van der Waals surface area contributed by atoms with Crippen molar-refractivity contribution in [3.8, 4) is 0 Å². The number of nitrogens with one attached hydrogen (secondary N) is 1. The molecule has 0 aliphatic heterocycles. The van der Waals surface area contributed by atoms with E-state index < -0.39 is 5.82 Å². The first kappa shape index (κ1) is 14.4. The molecule has 2 atom stereocenters. The second-order valence-corrected chi connectivity index (χ2v) is 5.23. The van der Waals surface area contributed by atoms with Crippen molar-refractivity contribution in [3.05, 3.63) is 57.7 Å². The van der Waals surface area contributed by atoms with Crippen LogP contribution >= 0.6 is 23.2 Å². The van der Waals surface area contributed by atoms with Crippen LogP contribution in [0.5, 0.6) is 0 Å². The summed E-state index contributed by atoms with van der Waals surface area (Å²) in [4.78, 5) is 0. The molecule has 0 amide bonds. The van der Waals surface area contributed by atoms with Gasteiger partial charge in [-0.3, -0.25) is 0 Å². The molecule has 0 fully saturated rings. The van der Waals surface area contributed by atoms with Crippen molar-refractivity contribution in [3.63, 3.8) is 0 Å². The fourth-order valence-electron chi connectivity index (χ4n) is 1.95. The maximum atomic E-state index is 13.5. The summed E-state index contributed by atoms with van der Waals surface area (Å²) in [6, 6.07) is 6.36. The highest BCUT2D eigenvalue weighted by molar-refractivity contribution is 6.35. The highest BCUT2D eigenvalue weighted by Crippen LogP contribution is 2.30. The Balaban J connectivity index is 2.16. The van der Waals surface area contributed by atoms with Crippen molar-refractivity contribution in [2.24, 2.45) is 0 Å². The second-order valence-electron chi connectivity index (χ2n) is 4.41. The Morgan fingerprint density at radius 1 is 1.16 bits per heavy atom. The Morgan fingerprint density at radius 2 is 1.89 bits per heavy atom. The first-order valence-electron chi connectivity index (χ1n) is 5.93. The van der Waals surface area contributed by atoms with E-state index in [1.54, 1.807) is 6.26 Å². The molecule has 0 aliphatic rings. The quantitative estimate of drug-likeness (QED) is 0.791. The van der Waals surface area contributed by atoms with Gasteiger partial charge in [-0.1, -0.05) is 23.2 Å². The zero-order valence-electron chi connectivity index (χ0n) is 10.6. The van der Waals surface area contributed by atoms with Crippen LogP contribution in [0.2, 0.25) is 10.0 Å². The lowest BCUT2D eigenvalue weighted by molar-refractivity contribution is 0.402. The van der Waals surface area contributed by atoms with Gasteiger partial charge in [-0.05, 0) is 43.7 Å². The lowest BCUT2D eigenvalue weighted by atomic mass is 10.1. The molecule has 0 aliphatic carbocycles. The smallest absolute Gasteiger partial charge is 0.142 e. The lowest BCUT2D eigenvalue weighted by Crippen LogP contribution is -2.22. The number of hydrogen-bond donors (Lipinski definition) is 1. The van der Waals surface area contributed by atoms with Gasteiger partial charge in [0.2, 0.25) is 0 Å². The third-order valence-corrected chi connectivity index (χ3v) is 3.59. The third-order valence-electron chi connectivity index (χ3n) is 2.98. The zero-order valence-corrected chi connectivity index (χ0v) is 12.1. The van der Waals surface area contributed by atoms with Gasteiger partial charge < -0.3 is 9.73 Å². The van der Waals surface area contributed by atoms with E-state index in [-0.39, 0.29) is 17.1 Å². The van der Waals surface area contributed by atoms with Gasteiger partial charge in [0.1, 0.15) is 11.6 Å². The molecule has 0 spiro atoms. The van der Waals surface area contributed by atoms with Crippen molar-refractivity contribution in [1.29, 1.82) is 0 Å². The number of hydrogen-bond acceptors (Lipinski definition) is 2. The predicted molar refractivity (Wildman–Crippen MR) is 75.1 cm³/mol. The van der Waals surface area contributed by atoms with Crippen LogP contribution in [-0.2, 0) is 0 Å². The first-order valence-corrected chi connectivity index (χ1v) is 6.68. The number of rotatable bonds is 4. The van der Waals surface area contributed by atoms with Crippen molar-refractivity contribution < 1.29 is 8.81 Å². The SMILES string of the molecule is CC(N[C@H](C)c1ccco1)c1cc(F)c(Cl)cc1Cl. The van der Waals surface area contributed by atoms with Crippen LogP contribution in [0.3, 0.4) is 0 Å². The van der Waals surface area contributed by atoms with Gasteiger partial charge in [-0.25, -0.2) is 4.39 Å². The number of halogens is 3. The van der Waals surface area contributed by atoms with Gasteiger partial charge in [0.05, 0.1) is 17.3 Å². The molecule has 0 saturated carbocycles. The average molecular weight is 302 g/mol. The molecule has 5 heteroatoms. The molecule has 2 nitrogen and oxygen atoms in total. The van der Waals surface area contributed by atoms with Gasteiger partial charge >= 0.3 is 0 Å². The molecule has 2 rings (SSSR count). The third kappa shape index (κ3) is 3.30. The average Bonchev–Trinajstić information content (AvgIpc) is 2.87. The first-order chi connectivity index (χ1) is 8.99. The van der Waals surface area contributed by atoms with E-state index in [0.717, 1.165) is 5.76 Å². The summed E-state index contributed by atoms with van der Waals surface area (Å²) < 4.78 is 18.8. The summed E-state index contributed by atoms with van der Waals surface area (Å²) in [7, 11) is 0. The van der Waals surface area contributed by atoms with Crippen LogP contribution in [0.4, 0.5) is 4.39 Å². The normalized spacial score (nSPS) is 14.4. The highest BCUT2D eigenvalue weighted by Gasteiger charge is 2.17. The Kier molecular flexibility index (Phi) is 4.50. The molecule has 1 aromatic heterocycles. The monoisotopic (exact) mass is 301 g/mol. The molecule has 0 saturated heterocycles. The van der Waals surface area contributed by atoms with Gasteiger partial charge in [0.15, 0.2) is 0 Å². The molecule has 19 heavy (non-hydrogen) atoms. The topological polar surface area (TPSA) is 25.2 Å².